The highest BCUT2D eigenvalue weighted by molar-refractivity contribution is 7.93. The van der Waals surface area contributed by atoms with E-state index in [9.17, 15) is 21.6 Å². The standard InChI is InChI=1S/C20H23N3O5S2/c24-20(17-6-8-18(9-7-17)22-12-3-14-29(22,25)26)21-11-15-30(27,28)23-13-10-16-4-1-2-5-19(16)23/h1-2,4-9H,3,10-15H2,(H,21,24). The topological polar surface area (TPSA) is 104 Å². The highest BCUT2D eigenvalue weighted by Crippen LogP contribution is 2.30. The van der Waals surface area contributed by atoms with Crippen molar-refractivity contribution in [2.45, 2.75) is 12.8 Å². The zero-order chi connectivity index (χ0) is 21.4. The van der Waals surface area contributed by atoms with Crippen LogP contribution in [0.3, 0.4) is 0 Å². The molecule has 10 heteroatoms. The Labute approximate surface area is 176 Å². The van der Waals surface area contributed by atoms with Gasteiger partial charge in [-0.15, -0.1) is 0 Å². The van der Waals surface area contributed by atoms with Crippen LogP contribution in [0, 0.1) is 0 Å². The maximum atomic E-state index is 12.7. The molecule has 160 valence electrons. The lowest BCUT2D eigenvalue weighted by Gasteiger charge is -2.19. The van der Waals surface area contributed by atoms with E-state index in [0.717, 1.165) is 5.56 Å². The van der Waals surface area contributed by atoms with Crippen LogP contribution >= 0.6 is 0 Å². The Morgan fingerprint density at radius 2 is 1.77 bits per heavy atom. The van der Waals surface area contributed by atoms with E-state index < -0.39 is 26.0 Å². The van der Waals surface area contributed by atoms with Gasteiger partial charge >= 0.3 is 0 Å². The average molecular weight is 450 g/mol. The number of anilines is 2. The molecule has 2 aliphatic heterocycles. The van der Waals surface area contributed by atoms with E-state index in [1.165, 1.54) is 8.61 Å². The maximum absolute atomic E-state index is 12.7. The fourth-order valence-corrected chi connectivity index (χ4v) is 6.80. The van der Waals surface area contributed by atoms with Gasteiger partial charge in [0.1, 0.15) is 0 Å². The summed E-state index contributed by atoms with van der Waals surface area (Å²) in [4.78, 5) is 12.4. The number of rotatable bonds is 6. The SMILES string of the molecule is O=C(NCCS(=O)(=O)N1CCc2ccccc21)c1ccc(N2CCCS2(=O)=O)cc1. The second-order valence-electron chi connectivity index (χ2n) is 7.31. The number of amides is 1. The van der Waals surface area contributed by atoms with E-state index in [2.05, 4.69) is 5.32 Å². The maximum Gasteiger partial charge on any atom is 0.251 e. The Hall–Kier alpha value is -2.59. The highest BCUT2D eigenvalue weighted by atomic mass is 32.2. The van der Waals surface area contributed by atoms with Crippen LogP contribution in [0.15, 0.2) is 48.5 Å². The van der Waals surface area contributed by atoms with Crippen LogP contribution in [0.25, 0.3) is 0 Å². The van der Waals surface area contributed by atoms with Crippen LogP contribution in [0.4, 0.5) is 11.4 Å². The third-order valence-corrected chi connectivity index (χ3v) is 8.98. The summed E-state index contributed by atoms with van der Waals surface area (Å²) >= 11 is 0. The van der Waals surface area contributed by atoms with E-state index in [4.69, 9.17) is 0 Å². The molecule has 2 aromatic carbocycles. The fourth-order valence-electron chi connectivity index (χ4n) is 3.81. The Balaban J connectivity index is 1.35. The molecule has 1 amide bonds. The van der Waals surface area contributed by atoms with Crippen LogP contribution in [0.2, 0.25) is 0 Å². The number of carbonyl (C=O) groups is 1. The molecule has 2 aromatic rings. The van der Waals surface area contributed by atoms with E-state index in [1.54, 1.807) is 30.3 Å². The Morgan fingerprint density at radius 1 is 1.03 bits per heavy atom. The minimum absolute atomic E-state index is 0.0118. The van der Waals surface area contributed by atoms with Crippen molar-refractivity contribution in [2.24, 2.45) is 0 Å². The Kier molecular flexibility index (Phi) is 5.46. The number of hydrogen-bond acceptors (Lipinski definition) is 5. The molecule has 1 fully saturated rings. The van der Waals surface area contributed by atoms with Gasteiger partial charge in [0.15, 0.2) is 0 Å². The van der Waals surface area contributed by atoms with Crippen LogP contribution in [-0.2, 0) is 26.5 Å². The second-order valence-corrected chi connectivity index (χ2v) is 11.3. The minimum atomic E-state index is -3.54. The van der Waals surface area contributed by atoms with Crippen molar-refractivity contribution < 1.29 is 21.6 Å². The van der Waals surface area contributed by atoms with Crippen LogP contribution in [0.1, 0.15) is 22.3 Å². The lowest BCUT2D eigenvalue weighted by Crippen LogP contribution is -2.37. The summed E-state index contributed by atoms with van der Waals surface area (Å²) < 4.78 is 52.1. The lowest BCUT2D eigenvalue weighted by atomic mass is 10.2. The van der Waals surface area contributed by atoms with Crippen LogP contribution < -0.4 is 13.9 Å². The van der Waals surface area contributed by atoms with E-state index >= 15 is 0 Å². The largest absolute Gasteiger partial charge is 0.351 e. The van der Waals surface area contributed by atoms with Gasteiger partial charge in [0.25, 0.3) is 5.91 Å². The van der Waals surface area contributed by atoms with Gasteiger partial charge in [-0.1, -0.05) is 18.2 Å². The monoisotopic (exact) mass is 449 g/mol. The Bertz CT molecular complexity index is 1160. The van der Waals surface area contributed by atoms with E-state index in [0.29, 0.717) is 42.9 Å². The van der Waals surface area contributed by atoms with Crippen LogP contribution in [-0.4, -0.2) is 53.9 Å². The van der Waals surface area contributed by atoms with Crippen molar-refractivity contribution in [1.29, 1.82) is 0 Å². The molecule has 30 heavy (non-hydrogen) atoms. The lowest BCUT2D eigenvalue weighted by molar-refractivity contribution is 0.0956. The third kappa shape index (κ3) is 4.01. The van der Waals surface area contributed by atoms with Crippen molar-refractivity contribution >= 4 is 37.3 Å². The number of benzene rings is 2. The third-order valence-electron chi connectivity index (χ3n) is 5.34. The summed E-state index contributed by atoms with van der Waals surface area (Å²) in [7, 11) is -6.81. The van der Waals surface area contributed by atoms with Crippen molar-refractivity contribution in [3.05, 3.63) is 59.7 Å². The molecule has 0 unspecified atom stereocenters. The summed E-state index contributed by atoms with van der Waals surface area (Å²) in [6, 6.07) is 13.7. The Morgan fingerprint density at radius 3 is 2.47 bits per heavy atom. The van der Waals surface area contributed by atoms with E-state index in [-0.39, 0.29) is 18.1 Å². The van der Waals surface area contributed by atoms with Gasteiger partial charge in [0.2, 0.25) is 20.0 Å². The molecule has 0 atom stereocenters. The molecule has 2 heterocycles. The van der Waals surface area contributed by atoms with Crippen molar-refractivity contribution in [2.75, 3.05) is 39.8 Å². The predicted octanol–water partition coefficient (Wildman–Crippen LogP) is 1.35. The summed E-state index contributed by atoms with van der Waals surface area (Å²) in [6.45, 7) is 0.837. The average Bonchev–Trinajstić information content (AvgIpc) is 3.31. The summed E-state index contributed by atoms with van der Waals surface area (Å²) in [5, 5.41) is 2.63. The number of para-hydroxylation sites is 1. The minimum Gasteiger partial charge on any atom is -0.351 e. The molecule has 0 aromatic heterocycles. The van der Waals surface area contributed by atoms with Gasteiger partial charge in [-0.3, -0.25) is 13.4 Å². The molecule has 0 spiro atoms. The van der Waals surface area contributed by atoms with Gasteiger partial charge < -0.3 is 5.32 Å². The zero-order valence-corrected chi connectivity index (χ0v) is 18.0. The molecular formula is C20H23N3O5S2. The quantitative estimate of drug-likeness (QED) is 0.717. The fraction of sp³-hybridized carbons (Fsp3) is 0.350. The first-order valence-electron chi connectivity index (χ1n) is 9.75. The molecule has 0 radical (unpaired) electrons. The molecule has 0 saturated carbocycles. The van der Waals surface area contributed by atoms with Gasteiger partial charge in [0.05, 0.1) is 22.9 Å². The molecule has 1 N–H and O–H groups in total. The number of nitrogens with one attached hydrogen (secondary N) is 1. The number of hydrogen-bond donors (Lipinski definition) is 1. The number of nitrogens with zero attached hydrogens (tertiary/aromatic N) is 2. The van der Waals surface area contributed by atoms with Gasteiger partial charge in [-0.2, -0.15) is 0 Å². The van der Waals surface area contributed by atoms with Crippen molar-refractivity contribution in [3.8, 4) is 0 Å². The highest BCUT2D eigenvalue weighted by Gasteiger charge is 2.29. The molecule has 0 bridgehead atoms. The molecular weight excluding hydrogens is 426 g/mol. The van der Waals surface area contributed by atoms with Gasteiger partial charge in [0, 0.05) is 25.2 Å². The van der Waals surface area contributed by atoms with Crippen molar-refractivity contribution in [1.82, 2.24) is 5.32 Å². The summed E-state index contributed by atoms with van der Waals surface area (Å²) in [5.41, 5.74) is 2.58. The molecule has 1 saturated heterocycles. The molecule has 0 aliphatic carbocycles. The smallest absolute Gasteiger partial charge is 0.251 e. The first-order valence-corrected chi connectivity index (χ1v) is 13.0. The zero-order valence-electron chi connectivity index (χ0n) is 16.3. The molecule has 4 rings (SSSR count). The summed E-state index contributed by atoms with van der Waals surface area (Å²) in [6.07, 6.45) is 1.27. The predicted molar refractivity (Wildman–Crippen MR) is 116 cm³/mol. The summed E-state index contributed by atoms with van der Waals surface area (Å²) in [5.74, 6) is -0.467. The number of fused-ring (bicyclic) bond motifs is 1. The number of carbonyl (C=O) groups excluding carboxylic acids is 1. The van der Waals surface area contributed by atoms with Gasteiger partial charge in [-0.05, 0) is 48.7 Å². The number of sulfonamides is 2. The second kappa shape index (κ2) is 7.92. The van der Waals surface area contributed by atoms with Crippen molar-refractivity contribution in [3.63, 3.8) is 0 Å². The van der Waals surface area contributed by atoms with Crippen LogP contribution in [0.5, 0.6) is 0 Å². The normalized spacial score (nSPS) is 17.7. The molecule has 8 nitrogen and oxygen atoms in total. The first-order chi connectivity index (χ1) is 14.3. The molecule has 2 aliphatic rings. The van der Waals surface area contributed by atoms with Gasteiger partial charge in [-0.25, -0.2) is 16.8 Å². The van der Waals surface area contributed by atoms with E-state index in [1.807, 2.05) is 18.2 Å². The first kappa shape index (κ1) is 20.7.